The van der Waals surface area contributed by atoms with Gasteiger partial charge in [0, 0.05) is 19.2 Å². The molecular formula is C16H15ClFN3O2. The van der Waals surface area contributed by atoms with Crippen LogP contribution in [0, 0.1) is 5.82 Å². The average molecular weight is 336 g/mol. The Balaban J connectivity index is 1.75. The molecule has 23 heavy (non-hydrogen) atoms. The van der Waals surface area contributed by atoms with Crippen LogP contribution in [0.3, 0.4) is 0 Å². The normalized spacial score (nSPS) is 16.7. The van der Waals surface area contributed by atoms with E-state index in [0.29, 0.717) is 12.8 Å². The first-order valence-electron chi connectivity index (χ1n) is 7.26. The Morgan fingerprint density at radius 3 is 2.96 bits per heavy atom. The highest BCUT2D eigenvalue weighted by Gasteiger charge is 2.23. The lowest BCUT2D eigenvalue weighted by atomic mass is 9.92. The molecule has 3 rings (SSSR count). The number of rotatable bonds is 2. The number of fused-ring (bicyclic) bond motifs is 1. The number of aromatic nitrogens is 2. The summed E-state index contributed by atoms with van der Waals surface area (Å²) in [6, 6.07) is 5.13. The standard InChI is InChI=1S/C16H15ClFN3O2/c1-21-15(22)7-9-6-11(3-5-14(9)20-21)19-16(23)12-4-2-10(18)8-13(12)17/h2,4,7-8,11H,3,5-6H2,1H3,(H,19,23)/t11-/m1/s1. The van der Waals surface area contributed by atoms with E-state index >= 15 is 0 Å². The van der Waals surface area contributed by atoms with Crippen LogP contribution in [0.5, 0.6) is 0 Å². The molecule has 7 heteroatoms. The van der Waals surface area contributed by atoms with Gasteiger partial charge in [-0.1, -0.05) is 11.6 Å². The summed E-state index contributed by atoms with van der Waals surface area (Å²) < 4.78 is 14.4. The van der Waals surface area contributed by atoms with Gasteiger partial charge in [-0.25, -0.2) is 9.07 Å². The van der Waals surface area contributed by atoms with Gasteiger partial charge in [-0.3, -0.25) is 9.59 Å². The molecule has 1 N–H and O–H groups in total. The van der Waals surface area contributed by atoms with Crippen LogP contribution in [-0.2, 0) is 19.9 Å². The largest absolute Gasteiger partial charge is 0.349 e. The minimum absolute atomic E-state index is 0.0780. The number of benzene rings is 1. The minimum Gasteiger partial charge on any atom is -0.349 e. The summed E-state index contributed by atoms with van der Waals surface area (Å²) in [5.41, 5.74) is 1.81. The Bertz CT molecular complexity index is 835. The number of amides is 1. The monoisotopic (exact) mass is 335 g/mol. The van der Waals surface area contributed by atoms with Crippen molar-refractivity contribution < 1.29 is 9.18 Å². The van der Waals surface area contributed by atoms with Gasteiger partial charge in [-0.2, -0.15) is 5.10 Å². The van der Waals surface area contributed by atoms with Crippen LogP contribution in [0.15, 0.2) is 29.1 Å². The molecule has 0 aliphatic heterocycles. The van der Waals surface area contributed by atoms with Crippen molar-refractivity contribution >= 4 is 17.5 Å². The van der Waals surface area contributed by atoms with Gasteiger partial charge < -0.3 is 5.32 Å². The van der Waals surface area contributed by atoms with Gasteiger partial charge in [0.2, 0.25) is 0 Å². The third-order valence-corrected chi connectivity index (χ3v) is 4.28. The first-order valence-corrected chi connectivity index (χ1v) is 7.64. The quantitative estimate of drug-likeness (QED) is 0.911. The zero-order chi connectivity index (χ0) is 16.6. The third kappa shape index (κ3) is 3.27. The number of carbonyl (C=O) groups excluding carboxylic acids is 1. The second-order valence-electron chi connectivity index (χ2n) is 5.62. The average Bonchev–Trinajstić information content (AvgIpc) is 2.48. The second kappa shape index (κ2) is 6.12. The molecule has 120 valence electrons. The lowest BCUT2D eigenvalue weighted by Crippen LogP contribution is -2.40. The molecule has 1 aliphatic rings. The molecule has 0 fully saturated rings. The zero-order valence-corrected chi connectivity index (χ0v) is 13.2. The fraction of sp³-hybridized carbons (Fsp3) is 0.312. The van der Waals surface area contributed by atoms with Crippen molar-refractivity contribution in [1.82, 2.24) is 15.1 Å². The van der Waals surface area contributed by atoms with E-state index in [-0.39, 0.29) is 28.1 Å². The maximum Gasteiger partial charge on any atom is 0.266 e. The van der Waals surface area contributed by atoms with Crippen LogP contribution < -0.4 is 10.9 Å². The Labute approximate surface area is 137 Å². The lowest BCUT2D eigenvalue weighted by Gasteiger charge is -2.25. The summed E-state index contributed by atoms with van der Waals surface area (Å²) in [5, 5.41) is 7.20. The molecule has 0 radical (unpaired) electrons. The SMILES string of the molecule is Cn1nc2c(cc1=O)C[C@H](NC(=O)c1ccc(F)cc1Cl)CC2. The number of hydrogen-bond acceptors (Lipinski definition) is 3. The number of carbonyl (C=O) groups is 1. The van der Waals surface area contributed by atoms with E-state index in [0.717, 1.165) is 23.7 Å². The van der Waals surface area contributed by atoms with Crippen LogP contribution in [0.2, 0.25) is 5.02 Å². The predicted octanol–water partition coefficient (Wildman–Crippen LogP) is 1.86. The highest BCUT2D eigenvalue weighted by molar-refractivity contribution is 6.33. The molecular weight excluding hydrogens is 321 g/mol. The maximum absolute atomic E-state index is 13.1. The first kappa shape index (κ1) is 15.7. The van der Waals surface area contributed by atoms with Gasteiger partial charge in [-0.05, 0) is 43.0 Å². The van der Waals surface area contributed by atoms with E-state index in [1.54, 1.807) is 13.1 Å². The molecule has 1 heterocycles. The molecule has 1 aromatic heterocycles. The Morgan fingerprint density at radius 2 is 2.22 bits per heavy atom. The first-order chi connectivity index (χ1) is 10.9. The van der Waals surface area contributed by atoms with E-state index in [1.165, 1.54) is 16.8 Å². The fourth-order valence-electron chi connectivity index (χ4n) is 2.75. The summed E-state index contributed by atoms with van der Waals surface area (Å²) in [6.07, 6.45) is 1.96. The zero-order valence-electron chi connectivity index (χ0n) is 12.5. The van der Waals surface area contributed by atoms with Crippen LogP contribution in [0.25, 0.3) is 0 Å². The van der Waals surface area contributed by atoms with E-state index in [9.17, 15) is 14.0 Å². The number of hydrogen-bond donors (Lipinski definition) is 1. The lowest BCUT2D eigenvalue weighted by molar-refractivity contribution is 0.0933. The molecule has 0 spiro atoms. The fourth-order valence-corrected chi connectivity index (χ4v) is 3.00. The molecule has 5 nitrogen and oxygen atoms in total. The van der Waals surface area contributed by atoms with Gasteiger partial charge in [0.1, 0.15) is 5.82 Å². The highest BCUT2D eigenvalue weighted by Crippen LogP contribution is 2.20. The Hall–Kier alpha value is -2.21. The summed E-state index contributed by atoms with van der Waals surface area (Å²) in [7, 11) is 1.62. The molecule has 1 amide bonds. The van der Waals surface area contributed by atoms with Crippen molar-refractivity contribution in [3.63, 3.8) is 0 Å². The second-order valence-corrected chi connectivity index (χ2v) is 6.02. The number of nitrogens with one attached hydrogen (secondary N) is 1. The highest BCUT2D eigenvalue weighted by atomic mass is 35.5. The van der Waals surface area contributed by atoms with Crippen molar-refractivity contribution in [2.24, 2.45) is 7.05 Å². The van der Waals surface area contributed by atoms with Crippen LogP contribution >= 0.6 is 11.6 Å². The van der Waals surface area contributed by atoms with Gasteiger partial charge in [0.05, 0.1) is 16.3 Å². The minimum atomic E-state index is -0.486. The van der Waals surface area contributed by atoms with Crippen molar-refractivity contribution in [3.8, 4) is 0 Å². The molecule has 0 bridgehead atoms. The topological polar surface area (TPSA) is 64.0 Å². The smallest absolute Gasteiger partial charge is 0.266 e. The third-order valence-electron chi connectivity index (χ3n) is 3.96. The summed E-state index contributed by atoms with van der Waals surface area (Å²) in [6.45, 7) is 0. The van der Waals surface area contributed by atoms with Crippen molar-refractivity contribution in [3.05, 3.63) is 62.3 Å². The Kier molecular flexibility index (Phi) is 4.17. The molecule has 1 aliphatic carbocycles. The molecule has 1 aromatic carbocycles. The predicted molar refractivity (Wildman–Crippen MR) is 84.2 cm³/mol. The van der Waals surface area contributed by atoms with Crippen LogP contribution in [0.4, 0.5) is 4.39 Å². The molecule has 0 saturated carbocycles. The number of aryl methyl sites for hydroxylation is 2. The molecule has 2 aromatic rings. The summed E-state index contributed by atoms with van der Waals surface area (Å²) >= 11 is 5.91. The van der Waals surface area contributed by atoms with Gasteiger partial charge in [0.15, 0.2) is 0 Å². The van der Waals surface area contributed by atoms with E-state index < -0.39 is 5.82 Å². The summed E-state index contributed by atoms with van der Waals surface area (Å²) in [5.74, 6) is -0.833. The van der Waals surface area contributed by atoms with E-state index in [1.807, 2.05) is 0 Å². The molecule has 0 unspecified atom stereocenters. The number of halogens is 2. The maximum atomic E-state index is 13.1. The van der Waals surface area contributed by atoms with Crippen molar-refractivity contribution in [2.75, 3.05) is 0 Å². The van der Waals surface area contributed by atoms with Gasteiger partial charge in [0.25, 0.3) is 11.5 Å². The van der Waals surface area contributed by atoms with Crippen LogP contribution in [-0.4, -0.2) is 21.7 Å². The van der Waals surface area contributed by atoms with Crippen molar-refractivity contribution in [1.29, 1.82) is 0 Å². The van der Waals surface area contributed by atoms with Gasteiger partial charge >= 0.3 is 0 Å². The van der Waals surface area contributed by atoms with Gasteiger partial charge in [-0.15, -0.1) is 0 Å². The number of nitrogens with zero attached hydrogens (tertiary/aromatic N) is 2. The molecule has 0 saturated heterocycles. The summed E-state index contributed by atoms with van der Waals surface area (Å²) in [4.78, 5) is 24.0. The van der Waals surface area contributed by atoms with E-state index in [2.05, 4.69) is 10.4 Å². The van der Waals surface area contributed by atoms with Crippen LogP contribution in [0.1, 0.15) is 28.0 Å². The van der Waals surface area contributed by atoms with E-state index in [4.69, 9.17) is 11.6 Å². The molecule has 1 atom stereocenters. The van der Waals surface area contributed by atoms with Crippen molar-refractivity contribution in [2.45, 2.75) is 25.3 Å². The Morgan fingerprint density at radius 1 is 1.43 bits per heavy atom.